The Bertz CT molecular complexity index is 1150. The first-order chi connectivity index (χ1) is 12.5. The smallest absolute Gasteiger partial charge is 0.419 e. The minimum atomic E-state index is -3.77. The largest absolute Gasteiger partial charge is 0.454 e. The number of hydrogen-bond donors (Lipinski definition) is 1. The number of benzene rings is 2. The number of hydrogen-bond acceptors (Lipinski definition) is 6. The predicted octanol–water partition coefficient (Wildman–Crippen LogP) is 1.82. The molecule has 26 heavy (non-hydrogen) atoms. The summed E-state index contributed by atoms with van der Waals surface area (Å²) in [6, 6.07) is 9.60. The number of aromatic nitrogens is 1. The van der Waals surface area contributed by atoms with Gasteiger partial charge in [0.05, 0.1) is 10.4 Å². The fraction of sp³-hybridized carbons (Fsp3) is 0.235. The average molecular weight is 376 g/mol. The Labute approximate surface area is 149 Å². The summed E-state index contributed by atoms with van der Waals surface area (Å²) >= 11 is 0. The Balaban J connectivity index is 1.58. The molecule has 0 saturated carbocycles. The van der Waals surface area contributed by atoms with Crippen LogP contribution in [-0.2, 0) is 23.1 Å². The lowest BCUT2D eigenvalue weighted by Gasteiger charge is -2.08. The first-order valence-corrected chi connectivity index (χ1v) is 9.48. The molecule has 3 aromatic rings. The van der Waals surface area contributed by atoms with E-state index in [2.05, 4.69) is 4.72 Å². The van der Waals surface area contributed by atoms with Crippen LogP contribution >= 0.6 is 0 Å². The third-order valence-corrected chi connectivity index (χ3v) is 5.57. The summed E-state index contributed by atoms with van der Waals surface area (Å²) in [5.74, 6) is 0.716. The zero-order valence-corrected chi connectivity index (χ0v) is 14.7. The van der Waals surface area contributed by atoms with Gasteiger partial charge in [-0.2, -0.15) is 0 Å². The van der Waals surface area contributed by atoms with Gasteiger partial charge in [-0.3, -0.25) is 4.57 Å². The summed E-state index contributed by atoms with van der Waals surface area (Å²) in [5, 5.41) is 0. The third kappa shape index (κ3) is 2.85. The maximum atomic E-state index is 12.6. The molecule has 0 unspecified atom stereocenters. The number of sulfonamides is 1. The van der Waals surface area contributed by atoms with Crippen LogP contribution in [0.5, 0.6) is 11.5 Å². The SMILES string of the molecule is CCn1c(=O)oc2cc(S(=O)(=O)NCc3ccc4c(c3)OCO4)ccc21. The number of fused-ring (bicyclic) bond motifs is 2. The van der Waals surface area contributed by atoms with E-state index in [4.69, 9.17) is 13.9 Å². The molecule has 1 aromatic heterocycles. The topological polar surface area (TPSA) is 99.8 Å². The maximum absolute atomic E-state index is 12.6. The number of nitrogens with zero attached hydrogens (tertiary/aromatic N) is 1. The van der Waals surface area contributed by atoms with E-state index < -0.39 is 15.8 Å². The van der Waals surface area contributed by atoms with Crippen molar-refractivity contribution in [1.82, 2.24) is 9.29 Å². The molecule has 0 spiro atoms. The van der Waals surface area contributed by atoms with Gasteiger partial charge in [0, 0.05) is 19.2 Å². The second-order valence-corrected chi connectivity index (χ2v) is 7.52. The number of oxazole rings is 1. The number of rotatable bonds is 5. The Kier molecular flexibility index (Phi) is 3.97. The highest BCUT2D eigenvalue weighted by Crippen LogP contribution is 2.32. The van der Waals surface area contributed by atoms with Gasteiger partial charge in [0.1, 0.15) is 0 Å². The minimum absolute atomic E-state index is 0.0303. The van der Waals surface area contributed by atoms with Gasteiger partial charge in [-0.1, -0.05) is 6.07 Å². The van der Waals surface area contributed by atoms with Crippen molar-refractivity contribution in [2.24, 2.45) is 0 Å². The van der Waals surface area contributed by atoms with Gasteiger partial charge < -0.3 is 13.9 Å². The molecule has 0 bridgehead atoms. The van der Waals surface area contributed by atoms with Gasteiger partial charge >= 0.3 is 5.76 Å². The molecule has 4 rings (SSSR count). The predicted molar refractivity (Wildman–Crippen MR) is 92.7 cm³/mol. The van der Waals surface area contributed by atoms with Crippen LogP contribution in [-0.4, -0.2) is 19.8 Å². The highest BCUT2D eigenvalue weighted by molar-refractivity contribution is 7.89. The molecule has 1 aliphatic rings. The van der Waals surface area contributed by atoms with E-state index in [0.717, 1.165) is 5.56 Å². The number of nitrogens with one attached hydrogen (secondary N) is 1. The highest BCUT2D eigenvalue weighted by Gasteiger charge is 2.18. The first kappa shape index (κ1) is 16.7. The summed E-state index contributed by atoms with van der Waals surface area (Å²) < 4.78 is 44.7. The molecule has 0 radical (unpaired) electrons. The van der Waals surface area contributed by atoms with Gasteiger partial charge in [0.2, 0.25) is 16.8 Å². The minimum Gasteiger partial charge on any atom is -0.454 e. The maximum Gasteiger partial charge on any atom is 0.419 e. The molecule has 0 fully saturated rings. The Morgan fingerprint density at radius 2 is 1.92 bits per heavy atom. The Hall–Kier alpha value is -2.78. The van der Waals surface area contributed by atoms with E-state index in [-0.39, 0.29) is 23.8 Å². The van der Waals surface area contributed by atoms with Crippen LogP contribution in [0.15, 0.2) is 50.5 Å². The lowest BCUT2D eigenvalue weighted by Crippen LogP contribution is -2.23. The van der Waals surface area contributed by atoms with E-state index in [1.54, 1.807) is 24.3 Å². The molecular formula is C17H16N2O6S. The summed E-state index contributed by atoms with van der Waals surface area (Å²) in [6.07, 6.45) is 0. The molecule has 0 amide bonds. The van der Waals surface area contributed by atoms with E-state index in [1.807, 2.05) is 6.92 Å². The summed E-state index contributed by atoms with van der Waals surface area (Å²) in [7, 11) is -3.77. The Morgan fingerprint density at radius 1 is 1.12 bits per heavy atom. The molecule has 136 valence electrons. The number of ether oxygens (including phenoxy) is 2. The van der Waals surface area contributed by atoms with Crippen LogP contribution < -0.4 is 20.0 Å². The summed E-state index contributed by atoms with van der Waals surface area (Å²) in [4.78, 5) is 11.8. The zero-order valence-electron chi connectivity index (χ0n) is 13.9. The van der Waals surface area contributed by atoms with Crippen LogP contribution in [0, 0.1) is 0 Å². The van der Waals surface area contributed by atoms with Crippen molar-refractivity contribution in [1.29, 1.82) is 0 Å². The van der Waals surface area contributed by atoms with Crippen molar-refractivity contribution >= 4 is 21.1 Å². The van der Waals surface area contributed by atoms with Gasteiger partial charge in [0.25, 0.3) is 0 Å². The van der Waals surface area contributed by atoms with Gasteiger partial charge in [-0.25, -0.2) is 17.9 Å². The average Bonchev–Trinajstić information content (AvgIpc) is 3.21. The van der Waals surface area contributed by atoms with Crippen molar-refractivity contribution in [3.63, 3.8) is 0 Å². The molecule has 0 saturated heterocycles. The molecule has 8 nitrogen and oxygen atoms in total. The first-order valence-electron chi connectivity index (χ1n) is 7.99. The van der Waals surface area contributed by atoms with Gasteiger partial charge in [-0.15, -0.1) is 0 Å². The monoisotopic (exact) mass is 376 g/mol. The van der Waals surface area contributed by atoms with Crippen molar-refractivity contribution in [3.8, 4) is 11.5 Å². The molecular weight excluding hydrogens is 360 g/mol. The van der Waals surface area contributed by atoms with Crippen molar-refractivity contribution < 1.29 is 22.3 Å². The van der Waals surface area contributed by atoms with Crippen LogP contribution in [0.25, 0.3) is 11.1 Å². The van der Waals surface area contributed by atoms with Crippen molar-refractivity contribution in [3.05, 3.63) is 52.5 Å². The van der Waals surface area contributed by atoms with Gasteiger partial charge in [-0.05, 0) is 36.8 Å². The van der Waals surface area contributed by atoms with Crippen molar-refractivity contribution in [2.45, 2.75) is 24.9 Å². The quantitative estimate of drug-likeness (QED) is 0.729. The molecule has 0 aliphatic carbocycles. The van der Waals surface area contributed by atoms with Crippen molar-refractivity contribution in [2.75, 3.05) is 6.79 Å². The Morgan fingerprint density at radius 3 is 2.73 bits per heavy atom. The normalized spacial score (nSPS) is 13.4. The fourth-order valence-corrected chi connectivity index (χ4v) is 3.86. The van der Waals surface area contributed by atoms with Crippen LogP contribution in [0.1, 0.15) is 12.5 Å². The lowest BCUT2D eigenvalue weighted by atomic mass is 10.2. The summed E-state index contributed by atoms with van der Waals surface area (Å²) in [6.45, 7) is 2.51. The van der Waals surface area contributed by atoms with Crippen LogP contribution in [0.4, 0.5) is 0 Å². The van der Waals surface area contributed by atoms with E-state index in [1.165, 1.54) is 16.7 Å². The summed E-state index contributed by atoms with van der Waals surface area (Å²) in [5.41, 5.74) is 1.54. The van der Waals surface area contributed by atoms with E-state index in [9.17, 15) is 13.2 Å². The lowest BCUT2D eigenvalue weighted by molar-refractivity contribution is 0.174. The number of aryl methyl sites for hydroxylation is 1. The second-order valence-electron chi connectivity index (χ2n) is 5.75. The molecule has 2 heterocycles. The molecule has 0 atom stereocenters. The molecule has 2 aromatic carbocycles. The van der Waals surface area contributed by atoms with E-state index in [0.29, 0.717) is 23.6 Å². The van der Waals surface area contributed by atoms with Crippen LogP contribution in [0.2, 0.25) is 0 Å². The molecule has 9 heteroatoms. The highest BCUT2D eigenvalue weighted by atomic mass is 32.2. The zero-order chi connectivity index (χ0) is 18.3. The second kappa shape index (κ2) is 6.19. The van der Waals surface area contributed by atoms with E-state index >= 15 is 0 Å². The third-order valence-electron chi connectivity index (χ3n) is 4.17. The molecule has 1 N–H and O–H groups in total. The van der Waals surface area contributed by atoms with Gasteiger partial charge in [0.15, 0.2) is 17.1 Å². The fourth-order valence-electron chi connectivity index (χ4n) is 2.83. The standard InChI is InChI=1S/C17H16N2O6S/c1-2-19-13-5-4-12(8-15(13)25-17(19)20)26(21,22)18-9-11-3-6-14-16(7-11)24-10-23-14/h3-8,18H,2,9-10H2,1H3. The van der Waals surface area contributed by atoms with Crippen LogP contribution in [0.3, 0.4) is 0 Å². The molecule has 1 aliphatic heterocycles.